The van der Waals surface area contributed by atoms with E-state index >= 15 is 0 Å². The van der Waals surface area contributed by atoms with Gasteiger partial charge in [0.1, 0.15) is 5.02 Å². The number of hydrogen-bond acceptors (Lipinski definition) is 0. The van der Waals surface area contributed by atoms with Crippen molar-refractivity contribution in [3.8, 4) is 0 Å². The van der Waals surface area contributed by atoms with Crippen LogP contribution in [0, 0.1) is 23.3 Å². The van der Waals surface area contributed by atoms with Crippen molar-refractivity contribution >= 4 is 23.3 Å². The zero-order valence-electron chi connectivity index (χ0n) is 12.7. The molecule has 126 valence electrons. The van der Waals surface area contributed by atoms with Crippen molar-refractivity contribution in [1.82, 2.24) is 0 Å². The van der Waals surface area contributed by atoms with Crippen molar-refractivity contribution in [2.75, 3.05) is 0 Å². The molecule has 0 aromatic heterocycles. The molecule has 0 saturated carbocycles. The van der Waals surface area contributed by atoms with Gasteiger partial charge in [0.2, 0.25) is 0 Å². The van der Waals surface area contributed by atoms with Crippen molar-refractivity contribution < 1.29 is 17.6 Å². The predicted octanol–water partition coefficient (Wildman–Crippen LogP) is 6.49. The quantitative estimate of drug-likeness (QED) is 0.216. The van der Waals surface area contributed by atoms with Crippen molar-refractivity contribution in [2.24, 2.45) is 0 Å². The minimum absolute atomic E-state index is 0.417. The molecule has 0 fully saturated rings. The molecule has 0 unspecified atom stereocenters. The summed E-state index contributed by atoms with van der Waals surface area (Å²) in [6, 6.07) is 17.5. The SMILES string of the molecule is Fc1c(F)c(C=C(c2ccccc2)c2ccccc2)c(F)c(F)c1Cl. The average molecular weight is 363 g/mol. The molecule has 0 N–H and O–H groups in total. The molecule has 3 aromatic rings. The van der Waals surface area contributed by atoms with Gasteiger partial charge in [0.25, 0.3) is 0 Å². The monoisotopic (exact) mass is 362 g/mol. The lowest BCUT2D eigenvalue weighted by Crippen LogP contribution is -2.01. The molecule has 0 saturated heterocycles. The van der Waals surface area contributed by atoms with E-state index in [-0.39, 0.29) is 0 Å². The van der Waals surface area contributed by atoms with Crippen molar-refractivity contribution in [3.05, 3.63) is 106 Å². The molecule has 0 radical (unpaired) electrons. The molecule has 0 amide bonds. The summed E-state index contributed by atoms with van der Waals surface area (Å²) in [5, 5.41) is -1.20. The van der Waals surface area contributed by atoms with Crippen LogP contribution in [-0.2, 0) is 0 Å². The number of hydrogen-bond donors (Lipinski definition) is 0. The minimum atomic E-state index is -1.62. The van der Waals surface area contributed by atoms with Crippen LogP contribution >= 0.6 is 11.6 Å². The molecule has 0 aliphatic heterocycles. The van der Waals surface area contributed by atoms with Gasteiger partial charge >= 0.3 is 0 Å². The molecule has 25 heavy (non-hydrogen) atoms. The normalized spacial score (nSPS) is 10.6. The lowest BCUT2D eigenvalue weighted by atomic mass is 9.95. The zero-order chi connectivity index (χ0) is 18.0. The molecule has 3 aromatic carbocycles. The second-order valence-corrected chi connectivity index (χ2v) is 5.65. The number of benzene rings is 3. The highest BCUT2D eigenvalue weighted by Crippen LogP contribution is 2.32. The molecule has 0 aliphatic carbocycles. The van der Waals surface area contributed by atoms with Crippen LogP contribution in [0.15, 0.2) is 60.7 Å². The summed E-state index contributed by atoms with van der Waals surface area (Å²) in [6.45, 7) is 0. The maximum Gasteiger partial charge on any atom is 0.181 e. The molecular formula is C20H11ClF4. The van der Waals surface area contributed by atoms with Crippen LogP contribution < -0.4 is 0 Å². The van der Waals surface area contributed by atoms with Crippen molar-refractivity contribution in [2.45, 2.75) is 0 Å². The van der Waals surface area contributed by atoms with Gasteiger partial charge in [-0.15, -0.1) is 0 Å². The van der Waals surface area contributed by atoms with Crippen LogP contribution in [0.3, 0.4) is 0 Å². The first-order valence-electron chi connectivity index (χ1n) is 7.34. The topological polar surface area (TPSA) is 0 Å². The van der Waals surface area contributed by atoms with Crippen molar-refractivity contribution in [1.29, 1.82) is 0 Å². The van der Waals surface area contributed by atoms with E-state index in [1.807, 2.05) is 0 Å². The van der Waals surface area contributed by atoms with Crippen LogP contribution in [0.2, 0.25) is 5.02 Å². The Morgan fingerprint density at radius 3 is 1.44 bits per heavy atom. The lowest BCUT2D eigenvalue weighted by molar-refractivity contribution is 0.452. The maximum atomic E-state index is 14.2. The molecule has 3 rings (SSSR count). The van der Waals surface area contributed by atoms with Gasteiger partial charge < -0.3 is 0 Å². The van der Waals surface area contributed by atoms with Gasteiger partial charge in [-0.2, -0.15) is 0 Å². The zero-order valence-corrected chi connectivity index (χ0v) is 13.5. The molecule has 0 spiro atoms. The average Bonchev–Trinajstić information content (AvgIpc) is 2.66. The fraction of sp³-hybridized carbons (Fsp3) is 0. The molecule has 0 nitrogen and oxygen atoms in total. The third kappa shape index (κ3) is 3.30. The number of rotatable bonds is 3. The van der Waals surface area contributed by atoms with Crippen molar-refractivity contribution in [3.63, 3.8) is 0 Å². The molecule has 0 bridgehead atoms. The van der Waals surface area contributed by atoms with Gasteiger partial charge in [-0.05, 0) is 22.8 Å². The Hall–Kier alpha value is -2.59. The Morgan fingerprint density at radius 1 is 0.640 bits per heavy atom. The summed E-state index contributed by atoms with van der Waals surface area (Å²) < 4.78 is 55.9. The molecular weight excluding hydrogens is 352 g/mol. The Bertz CT molecular complexity index is 864. The van der Waals surface area contributed by atoms with E-state index in [2.05, 4.69) is 0 Å². The Morgan fingerprint density at radius 2 is 1.04 bits per heavy atom. The smallest absolute Gasteiger partial charge is 0.181 e. The summed E-state index contributed by atoms with van der Waals surface area (Å²) >= 11 is 5.28. The van der Waals surface area contributed by atoms with Crippen LogP contribution in [0.5, 0.6) is 0 Å². The third-order valence-electron chi connectivity index (χ3n) is 3.70. The molecule has 0 atom stereocenters. The summed E-state index contributed by atoms with van der Waals surface area (Å²) in [5.41, 5.74) is 0.883. The van der Waals surface area contributed by atoms with Gasteiger partial charge in [0, 0.05) is 0 Å². The standard InChI is InChI=1S/C20H11ClF4/c21-16-19(24)17(22)15(18(23)20(16)25)11-14(12-7-3-1-4-8-12)13-9-5-2-6-10-13/h1-11H. The highest BCUT2D eigenvalue weighted by atomic mass is 35.5. The van der Waals surface area contributed by atoms with E-state index in [4.69, 9.17) is 11.6 Å². The first kappa shape index (κ1) is 17.2. The molecule has 0 heterocycles. The Balaban J connectivity index is 2.29. The highest BCUT2D eigenvalue weighted by Gasteiger charge is 2.23. The van der Waals surface area contributed by atoms with Gasteiger partial charge in [-0.1, -0.05) is 72.3 Å². The first-order valence-corrected chi connectivity index (χ1v) is 7.72. The lowest BCUT2D eigenvalue weighted by Gasteiger charge is -2.11. The fourth-order valence-electron chi connectivity index (χ4n) is 2.46. The van der Waals surface area contributed by atoms with Crippen LogP contribution in [0.25, 0.3) is 11.6 Å². The van der Waals surface area contributed by atoms with Gasteiger partial charge in [-0.3, -0.25) is 0 Å². The van der Waals surface area contributed by atoms with Crippen LogP contribution in [0.4, 0.5) is 17.6 Å². The van der Waals surface area contributed by atoms with E-state index in [1.165, 1.54) is 0 Å². The van der Waals surface area contributed by atoms with Gasteiger partial charge in [0.15, 0.2) is 23.3 Å². The summed E-state index contributed by atoms with van der Waals surface area (Å²) in [7, 11) is 0. The van der Waals surface area contributed by atoms with Gasteiger partial charge in [0.05, 0.1) is 5.56 Å². The Labute approximate surface area is 147 Å². The summed E-state index contributed by atoms with van der Waals surface area (Å²) in [4.78, 5) is 0. The van der Waals surface area contributed by atoms with E-state index in [0.717, 1.165) is 6.08 Å². The predicted molar refractivity (Wildman–Crippen MR) is 91.1 cm³/mol. The first-order chi connectivity index (χ1) is 12.0. The van der Waals surface area contributed by atoms with Crippen LogP contribution in [-0.4, -0.2) is 0 Å². The Kier molecular flexibility index (Phi) is 4.91. The summed E-state index contributed by atoms with van der Waals surface area (Å²) in [6.07, 6.45) is 1.08. The third-order valence-corrected chi connectivity index (χ3v) is 4.03. The second kappa shape index (κ2) is 7.11. The van der Waals surface area contributed by atoms with E-state index in [0.29, 0.717) is 16.7 Å². The fourth-order valence-corrected chi connectivity index (χ4v) is 2.63. The molecule has 0 aliphatic rings. The largest absolute Gasteiger partial charge is 0.203 e. The maximum absolute atomic E-state index is 14.2. The second-order valence-electron chi connectivity index (χ2n) is 5.27. The van der Waals surface area contributed by atoms with Gasteiger partial charge in [-0.25, -0.2) is 17.6 Å². The number of halogens is 5. The van der Waals surface area contributed by atoms with E-state index in [1.54, 1.807) is 60.7 Å². The molecule has 5 heteroatoms. The minimum Gasteiger partial charge on any atom is -0.203 e. The van der Waals surface area contributed by atoms with E-state index < -0.39 is 33.9 Å². The summed E-state index contributed by atoms with van der Waals surface area (Å²) in [5.74, 6) is -6.30. The van der Waals surface area contributed by atoms with Crippen LogP contribution in [0.1, 0.15) is 16.7 Å². The van der Waals surface area contributed by atoms with E-state index in [9.17, 15) is 17.6 Å². The highest BCUT2D eigenvalue weighted by molar-refractivity contribution is 6.31.